The molecular formula is C12H12FN3. The highest BCUT2D eigenvalue weighted by atomic mass is 19.1. The van der Waals surface area contributed by atoms with E-state index in [0.29, 0.717) is 23.5 Å². The Bertz CT molecular complexity index is 511. The summed E-state index contributed by atoms with van der Waals surface area (Å²) >= 11 is 0. The van der Waals surface area contributed by atoms with Gasteiger partial charge in [0.15, 0.2) is 0 Å². The molecule has 4 heteroatoms. The lowest BCUT2D eigenvalue weighted by molar-refractivity contribution is 0.631. The molecule has 3 nitrogen and oxygen atoms in total. The van der Waals surface area contributed by atoms with Gasteiger partial charge in [-0.2, -0.15) is 0 Å². The van der Waals surface area contributed by atoms with E-state index < -0.39 is 0 Å². The normalized spacial score (nSPS) is 10.4. The van der Waals surface area contributed by atoms with Crippen molar-refractivity contribution in [2.24, 2.45) is 5.73 Å². The Morgan fingerprint density at radius 3 is 2.62 bits per heavy atom. The fourth-order valence-corrected chi connectivity index (χ4v) is 1.52. The maximum Gasteiger partial charge on any atom is 0.132 e. The van der Waals surface area contributed by atoms with Crippen molar-refractivity contribution in [2.45, 2.75) is 6.54 Å². The van der Waals surface area contributed by atoms with Crippen molar-refractivity contribution in [1.29, 1.82) is 0 Å². The molecule has 0 radical (unpaired) electrons. The third-order valence-electron chi connectivity index (χ3n) is 2.34. The van der Waals surface area contributed by atoms with Gasteiger partial charge in [0.2, 0.25) is 0 Å². The van der Waals surface area contributed by atoms with Gasteiger partial charge in [-0.1, -0.05) is 12.1 Å². The van der Waals surface area contributed by atoms with Gasteiger partial charge < -0.3 is 11.5 Å². The number of hydrogen-bond acceptors (Lipinski definition) is 3. The monoisotopic (exact) mass is 217 g/mol. The minimum absolute atomic E-state index is 0.331. The van der Waals surface area contributed by atoms with Crippen molar-refractivity contribution >= 4 is 5.69 Å². The molecule has 82 valence electrons. The zero-order chi connectivity index (χ0) is 11.5. The molecule has 1 heterocycles. The molecule has 1 aromatic heterocycles. The Balaban J connectivity index is 2.53. The highest BCUT2D eigenvalue weighted by Gasteiger charge is 2.09. The molecule has 0 aliphatic rings. The lowest BCUT2D eigenvalue weighted by Gasteiger charge is -2.07. The van der Waals surface area contributed by atoms with E-state index >= 15 is 0 Å². The molecule has 1 aromatic carbocycles. The van der Waals surface area contributed by atoms with Gasteiger partial charge in [-0.3, -0.25) is 4.98 Å². The predicted molar refractivity (Wildman–Crippen MR) is 61.9 cm³/mol. The molecular weight excluding hydrogens is 205 g/mol. The molecule has 0 aliphatic carbocycles. The molecule has 2 aromatic rings. The summed E-state index contributed by atoms with van der Waals surface area (Å²) in [4.78, 5) is 4.14. The first kappa shape index (κ1) is 10.6. The van der Waals surface area contributed by atoms with E-state index in [0.717, 1.165) is 5.56 Å². The van der Waals surface area contributed by atoms with Crippen LogP contribution in [-0.2, 0) is 6.54 Å². The molecule has 0 saturated heterocycles. The average Bonchev–Trinajstić information content (AvgIpc) is 2.30. The molecule has 0 aliphatic heterocycles. The number of halogens is 1. The summed E-state index contributed by atoms with van der Waals surface area (Å²) < 4.78 is 13.5. The maximum absolute atomic E-state index is 13.5. The van der Waals surface area contributed by atoms with Gasteiger partial charge in [0.05, 0.1) is 11.4 Å². The lowest BCUT2D eigenvalue weighted by Crippen LogP contribution is -2.01. The van der Waals surface area contributed by atoms with Crippen LogP contribution in [0.25, 0.3) is 11.3 Å². The standard InChI is InChI=1S/C12H12FN3/c13-10-4-2-1-3-9(10)12-11(15)5-8(6-14)7-16-12/h1-5,7H,6,14-15H2. The Morgan fingerprint density at radius 2 is 2.00 bits per heavy atom. The van der Waals surface area contributed by atoms with Crippen molar-refractivity contribution in [2.75, 3.05) is 5.73 Å². The lowest BCUT2D eigenvalue weighted by atomic mass is 10.1. The van der Waals surface area contributed by atoms with E-state index in [1.165, 1.54) is 6.07 Å². The van der Waals surface area contributed by atoms with Gasteiger partial charge in [-0.15, -0.1) is 0 Å². The number of nitrogens with two attached hydrogens (primary N) is 2. The first-order chi connectivity index (χ1) is 7.72. The van der Waals surface area contributed by atoms with Gasteiger partial charge >= 0.3 is 0 Å². The number of nitrogen functional groups attached to an aromatic ring is 1. The average molecular weight is 217 g/mol. The van der Waals surface area contributed by atoms with Crippen LogP contribution >= 0.6 is 0 Å². The van der Waals surface area contributed by atoms with Crippen molar-refractivity contribution in [3.8, 4) is 11.3 Å². The summed E-state index contributed by atoms with van der Waals surface area (Å²) in [7, 11) is 0. The molecule has 0 bridgehead atoms. The van der Waals surface area contributed by atoms with E-state index in [4.69, 9.17) is 11.5 Å². The molecule has 0 spiro atoms. The van der Waals surface area contributed by atoms with Crippen LogP contribution in [0.5, 0.6) is 0 Å². The SMILES string of the molecule is NCc1cnc(-c2ccccc2F)c(N)c1. The van der Waals surface area contributed by atoms with Crippen LogP contribution in [0, 0.1) is 5.82 Å². The van der Waals surface area contributed by atoms with Crippen molar-refractivity contribution in [3.05, 3.63) is 47.9 Å². The van der Waals surface area contributed by atoms with Crippen molar-refractivity contribution in [1.82, 2.24) is 4.98 Å². The summed E-state index contributed by atoms with van der Waals surface area (Å²) in [6.45, 7) is 0.370. The number of pyridine rings is 1. The summed E-state index contributed by atoms with van der Waals surface area (Å²) in [6, 6.07) is 8.12. The topological polar surface area (TPSA) is 64.9 Å². The molecule has 2 rings (SSSR count). The quantitative estimate of drug-likeness (QED) is 0.807. The number of aromatic nitrogens is 1. The third kappa shape index (κ3) is 1.87. The predicted octanol–water partition coefficient (Wildman–Crippen LogP) is 1.93. The molecule has 0 unspecified atom stereocenters. The molecule has 16 heavy (non-hydrogen) atoms. The zero-order valence-electron chi connectivity index (χ0n) is 8.65. The highest BCUT2D eigenvalue weighted by Crippen LogP contribution is 2.26. The number of anilines is 1. The number of hydrogen-bond donors (Lipinski definition) is 2. The largest absolute Gasteiger partial charge is 0.397 e. The minimum Gasteiger partial charge on any atom is -0.397 e. The van der Waals surface area contributed by atoms with E-state index in [1.54, 1.807) is 30.5 Å². The Kier molecular flexibility index (Phi) is 2.83. The van der Waals surface area contributed by atoms with Crippen LogP contribution in [0.3, 0.4) is 0 Å². The number of rotatable bonds is 2. The number of benzene rings is 1. The highest BCUT2D eigenvalue weighted by molar-refractivity contribution is 5.73. The van der Waals surface area contributed by atoms with Crippen LogP contribution in [0.15, 0.2) is 36.5 Å². The van der Waals surface area contributed by atoms with Crippen LogP contribution in [0.1, 0.15) is 5.56 Å². The van der Waals surface area contributed by atoms with Crippen molar-refractivity contribution < 1.29 is 4.39 Å². The van der Waals surface area contributed by atoms with E-state index in [1.807, 2.05) is 0 Å². The van der Waals surface area contributed by atoms with Crippen LogP contribution in [0.4, 0.5) is 10.1 Å². The Morgan fingerprint density at radius 1 is 1.25 bits per heavy atom. The molecule has 0 amide bonds. The van der Waals surface area contributed by atoms with E-state index in [9.17, 15) is 4.39 Å². The fraction of sp³-hybridized carbons (Fsp3) is 0.0833. The van der Waals surface area contributed by atoms with Crippen LogP contribution in [0.2, 0.25) is 0 Å². The Hall–Kier alpha value is -1.94. The van der Waals surface area contributed by atoms with Gasteiger partial charge in [0.25, 0.3) is 0 Å². The van der Waals surface area contributed by atoms with E-state index in [-0.39, 0.29) is 5.82 Å². The molecule has 0 atom stereocenters. The summed E-state index contributed by atoms with van der Waals surface area (Å²) in [5.74, 6) is -0.331. The molecule has 0 fully saturated rings. The second-order valence-electron chi connectivity index (χ2n) is 3.47. The van der Waals surface area contributed by atoms with Gasteiger partial charge in [0, 0.05) is 18.3 Å². The second-order valence-corrected chi connectivity index (χ2v) is 3.47. The first-order valence-electron chi connectivity index (χ1n) is 4.91. The van der Waals surface area contributed by atoms with Gasteiger partial charge in [-0.25, -0.2) is 4.39 Å². The van der Waals surface area contributed by atoms with Gasteiger partial charge in [-0.05, 0) is 23.8 Å². The molecule has 0 saturated carbocycles. The minimum atomic E-state index is -0.331. The number of nitrogens with zero attached hydrogens (tertiary/aromatic N) is 1. The van der Waals surface area contributed by atoms with Gasteiger partial charge in [0.1, 0.15) is 5.82 Å². The summed E-state index contributed by atoms with van der Waals surface area (Å²) in [5, 5.41) is 0. The molecule has 4 N–H and O–H groups in total. The third-order valence-corrected chi connectivity index (χ3v) is 2.34. The van der Waals surface area contributed by atoms with Crippen molar-refractivity contribution in [3.63, 3.8) is 0 Å². The fourth-order valence-electron chi connectivity index (χ4n) is 1.52. The smallest absolute Gasteiger partial charge is 0.132 e. The van der Waals surface area contributed by atoms with Crippen LogP contribution < -0.4 is 11.5 Å². The Labute approximate surface area is 92.9 Å². The second kappa shape index (κ2) is 4.28. The van der Waals surface area contributed by atoms with Crippen LogP contribution in [-0.4, -0.2) is 4.98 Å². The maximum atomic E-state index is 13.5. The summed E-state index contributed by atoms with van der Waals surface area (Å²) in [5.41, 5.74) is 13.4. The first-order valence-corrected chi connectivity index (χ1v) is 4.91. The zero-order valence-corrected chi connectivity index (χ0v) is 8.65. The van der Waals surface area contributed by atoms with E-state index in [2.05, 4.69) is 4.98 Å². The summed E-state index contributed by atoms with van der Waals surface area (Å²) in [6.07, 6.45) is 1.61.